The van der Waals surface area contributed by atoms with Gasteiger partial charge in [-0.25, -0.2) is 12.7 Å². The van der Waals surface area contributed by atoms with E-state index in [0.717, 1.165) is 5.56 Å². The minimum absolute atomic E-state index is 0.00225. The highest BCUT2D eigenvalue weighted by molar-refractivity contribution is 7.94. The second-order valence-corrected chi connectivity index (χ2v) is 8.54. The number of anilines is 2. The van der Waals surface area contributed by atoms with Gasteiger partial charge in [-0.15, -0.1) is 0 Å². The molecule has 1 N–H and O–H groups in total. The molecule has 0 bridgehead atoms. The maximum Gasteiger partial charge on any atom is 0.255 e. The van der Waals surface area contributed by atoms with Crippen LogP contribution < -0.4 is 9.62 Å². The number of hydrogen-bond donors (Lipinski definition) is 1. The van der Waals surface area contributed by atoms with E-state index in [1.54, 1.807) is 19.1 Å². The van der Waals surface area contributed by atoms with Gasteiger partial charge in [0.1, 0.15) is 0 Å². The van der Waals surface area contributed by atoms with Gasteiger partial charge in [-0.1, -0.05) is 36.2 Å². The van der Waals surface area contributed by atoms with Crippen LogP contribution in [0.5, 0.6) is 0 Å². The van der Waals surface area contributed by atoms with Crippen molar-refractivity contribution in [1.29, 1.82) is 0 Å². The average molecular weight is 393 g/mol. The molecule has 1 fully saturated rings. The summed E-state index contributed by atoms with van der Waals surface area (Å²) in [5.41, 5.74) is 1.87. The summed E-state index contributed by atoms with van der Waals surface area (Å²) in [4.78, 5) is 24.7. The smallest absolute Gasteiger partial charge is 0.255 e. The van der Waals surface area contributed by atoms with E-state index in [1.165, 1.54) is 18.2 Å². The van der Waals surface area contributed by atoms with Crippen molar-refractivity contribution in [2.45, 2.75) is 13.8 Å². The van der Waals surface area contributed by atoms with Crippen molar-refractivity contribution in [3.63, 3.8) is 0 Å². The highest BCUT2D eigenvalue weighted by atomic mass is 35.5. The van der Waals surface area contributed by atoms with Crippen LogP contribution in [0.3, 0.4) is 0 Å². The Labute approximate surface area is 156 Å². The molecule has 1 heterocycles. The number of amides is 2. The standard InChI is InChI=1S/C18H17ClN2O4S/c1-11-3-6-14(7-4-11)20-17(22)13-5-8-15(19)16(9-13)21-18(23)12(2)10-26(21,24)25/h3-9,12H,10H2,1-2H3,(H,20,22). The Hall–Kier alpha value is -2.38. The van der Waals surface area contributed by atoms with Crippen molar-refractivity contribution in [2.24, 2.45) is 5.92 Å². The Kier molecular flexibility index (Phi) is 4.77. The molecule has 1 aliphatic rings. The van der Waals surface area contributed by atoms with Gasteiger partial charge >= 0.3 is 0 Å². The lowest BCUT2D eigenvalue weighted by atomic mass is 10.1. The zero-order valence-corrected chi connectivity index (χ0v) is 15.8. The van der Waals surface area contributed by atoms with Gasteiger partial charge in [0.2, 0.25) is 15.9 Å². The summed E-state index contributed by atoms with van der Waals surface area (Å²) in [7, 11) is -3.80. The first-order valence-corrected chi connectivity index (χ1v) is 9.92. The summed E-state index contributed by atoms with van der Waals surface area (Å²) in [6.45, 7) is 3.48. The third kappa shape index (κ3) is 3.45. The molecule has 3 rings (SSSR count). The van der Waals surface area contributed by atoms with Crippen LogP contribution in [0.2, 0.25) is 5.02 Å². The van der Waals surface area contributed by atoms with Gasteiger partial charge in [-0.3, -0.25) is 9.59 Å². The normalized spacial score (nSPS) is 18.8. The summed E-state index contributed by atoms with van der Waals surface area (Å²) in [5, 5.41) is 2.81. The van der Waals surface area contributed by atoms with Gasteiger partial charge < -0.3 is 5.32 Å². The number of carbonyl (C=O) groups excluding carboxylic acids is 2. The van der Waals surface area contributed by atoms with E-state index in [2.05, 4.69) is 5.32 Å². The molecule has 2 aromatic rings. The molecular weight excluding hydrogens is 376 g/mol. The van der Waals surface area contributed by atoms with E-state index in [1.807, 2.05) is 19.1 Å². The minimum Gasteiger partial charge on any atom is -0.322 e. The Balaban J connectivity index is 1.94. The highest BCUT2D eigenvalue weighted by Gasteiger charge is 2.43. The Morgan fingerprint density at radius 2 is 1.85 bits per heavy atom. The second-order valence-electron chi connectivity index (χ2n) is 6.27. The number of carbonyl (C=O) groups is 2. The molecule has 26 heavy (non-hydrogen) atoms. The van der Waals surface area contributed by atoms with Crippen molar-refractivity contribution in [2.75, 3.05) is 15.4 Å². The topological polar surface area (TPSA) is 83.6 Å². The van der Waals surface area contributed by atoms with Crippen LogP contribution in [0.25, 0.3) is 0 Å². The summed E-state index contributed by atoms with van der Waals surface area (Å²) in [5.74, 6) is -1.91. The number of halogens is 1. The van der Waals surface area contributed by atoms with E-state index in [4.69, 9.17) is 11.6 Å². The van der Waals surface area contributed by atoms with Crippen molar-refractivity contribution < 1.29 is 18.0 Å². The van der Waals surface area contributed by atoms with Gasteiger partial charge in [0.15, 0.2) is 0 Å². The van der Waals surface area contributed by atoms with Gasteiger partial charge in [0.25, 0.3) is 5.91 Å². The molecule has 1 atom stereocenters. The monoisotopic (exact) mass is 392 g/mol. The van der Waals surface area contributed by atoms with Crippen LogP contribution in [0.15, 0.2) is 42.5 Å². The number of nitrogens with zero attached hydrogens (tertiary/aromatic N) is 1. The number of nitrogens with one attached hydrogen (secondary N) is 1. The molecule has 1 saturated heterocycles. The molecule has 0 aliphatic carbocycles. The number of rotatable bonds is 3. The van der Waals surface area contributed by atoms with Crippen LogP contribution in [-0.4, -0.2) is 26.0 Å². The zero-order chi connectivity index (χ0) is 19.1. The van der Waals surface area contributed by atoms with Crippen molar-refractivity contribution in [1.82, 2.24) is 0 Å². The Bertz CT molecular complexity index is 987. The molecule has 0 saturated carbocycles. The molecule has 1 unspecified atom stereocenters. The Morgan fingerprint density at radius 1 is 1.19 bits per heavy atom. The van der Waals surface area contributed by atoms with Crippen molar-refractivity contribution in [3.8, 4) is 0 Å². The van der Waals surface area contributed by atoms with Gasteiger partial charge in [0.05, 0.1) is 22.4 Å². The predicted octanol–water partition coefficient (Wildman–Crippen LogP) is 3.21. The number of sulfonamides is 1. The lowest BCUT2D eigenvalue weighted by Crippen LogP contribution is -2.30. The van der Waals surface area contributed by atoms with Gasteiger partial charge in [0, 0.05) is 11.3 Å². The summed E-state index contributed by atoms with van der Waals surface area (Å²) >= 11 is 6.11. The van der Waals surface area contributed by atoms with Gasteiger partial charge in [-0.05, 0) is 37.3 Å². The maximum atomic E-state index is 12.5. The first-order chi connectivity index (χ1) is 12.2. The van der Waals surface area contributed by atoms with Crippen LogP contribution in [-0.2, 0) is 14.8 Å². The van der Waals surface area contributed by atoms with E-state index < -0.39 is 27.8 Å². The molecule has 0 radical (unpaired) electrons. The fourth-order valence-electron chi connectivity index (χ4n) is 2.72. The molecule has 6 nitrogen and oxygen atoms in total. The number of aryl methyl sites for hydroxylation is 1. The number of hydrogen-bond acceptors (Lipinski definition) is 4. The summed E-state index contributed by atoms with van der Waals surface area (Å²) in [6.07, 6.45) is 0. The van der Waals surface area contributed by atoms with Crippen LogP contribution in [0.4, 0.5) is 11.4 Å². The van der Waals surface area contributed by atoms with Crippen LogP contribution >= 0.6 is 11.6 Å². The number of benzene rings is 2. The van der Waals surface area contributed by atoms with E-state index >= 15 is 0 Å². The van der Waals surface area contributed by atoms with E-state index in [0.29, 0.717) is 9.99 Å². The van der Waals surface area contributed by atoms with Gasteiger partial charge in [-0.2, -0.15) is 0 Å². The molecular formula is C18H17ClN2O4S. The summed E-state index contributed by atoms with van der Waals surface area (Å²) < 4.78 is 25.3. The van der Waals surface area contributed by atoms with E-state index in [-0.39, 0.29) is 22.0 Å². The third-order valence-corrected chi connectivity index (χ3v) is 6.27. The van der Waals surface area contributed by atoms with Crippen LogP contribution in [0.1, 0.15) is 22.8 Å². The molecule has 136 valence electrons. The first kappa shape index (κ1) is 18.4. The predicted molar refractivity (Wildman–Crippen MR) is 101 cm³/mol. The van der Waals surface area contributed by atoms with Crippen molar-refractivity contribution >= 4 is 44.8 Å². The zero-order valence-electron chi connectivity index (χ0n) is 14.2. The highest BCUT2D eigenvalue weighted by Crippen LogP contribution is 2.34. The third-order valence-electron chi connectivity index (χ3n) is 4.10. The largest absolute Gasteiger partial charge is 0.322 e. The molecule has 0 aromatic heterocycles. The lowest BCUT2D eigenvalue weighted by molar-refractivity contribution is -0.119. The quantitative estimate of drug-likeness (QED) is 0.869. The molecule has 8 heteroatoms. The SMILES string of the molecule is Cc1ccc(NC(=O)c2ccc(Cl)c(N3C(=O)C(C)CS3(=O)=O)c2)cc1. The molecule has 2 amide bonds. The van der Waals surface area contributed by atoms with Crippen molar-refractivity contribution in [3.05, 3.63) is 58.6 Å². The fraction of sp³-hybridized carbons (Fsp3) is 0.222. The molecule has 2 aromatic carbocycles. The molecule has 0 spiro atoms. The lowest BCUT2D eigenvalue weighted by Gasteiger charge is -2.17. The maximum absolute atomic E-state index is 12.5. The fourth-order valence-corrected chi connectivity index (χ4v) is 4.80. The second kappa shape index (κ2) is 6.74. The summed E-state index contributed by atoms with van der Waals surface area (Å²) in [6, 6.07) is 11.5. The molecule has 1 aliphatic heterocycles. The Morgan fingerprint density at radius 3 is 2.42 bits per heavy atom. The average Bonchev–Trinajstić information content (AvgIpc) is 2.78. The van der Waals surface area contributed by atoms with Crippen LogP contribution in [0, 0.1) is 12.8 Å². The minimum atomic E-state index is -3.80. The van der Waals surface area contributed by atoms with E-state index in [9.17, 15) is 18.0 Å². The first-order valence-electron chi connectivity index (χ1n) is 7.93.